The summed E-state index contributed by atoms with van der Waals surface area (Å²) >= 11 is 6.10. The second-order valence-electron chi connectivity index (χ2n) is 9.07. The zero-order valence-corrected chi connectivity index (χ0v) is 19.1. The Bertz CT molecular complexity index is 809. The van der Waals surface area contributed by atoms with Crippen LogP contribution >= 0.6 is 11.6 Å². The van der Waals surface area contributed by atoms with Gasteiger partial charge in [-0.2, -0.15) is 0 Å². The summed E-state index contributed by atoms with van der Waals surface area (Å²) in [6, 6.07) is 7.72. The molecular weight excluding hydrogens is 420 g/mol. The number of amides is 1. The molecule has 1 saturated heterocycles. The highest BCUT2D eigenvalue weighted by Crippen LogP contribution is 2.48. The number of hydrogen-bond acceptors (Lipinski definition) is 3. The summed E-state index contributed by atoms with van der Waals surface area (Å²) in [6.45, 7) is 2.55. The quantitative estimate of drug-likeness (QED) is 0.543. The lowest BCUT2D eigenvalue weighted by Crippen LogP contribution is -2.57. The molecule has 1 aromatic carbocycles. The number of hydrogen-bond donors (Lipinski definition) is 1. The smallest absolute Gasteiger partial charge is 0.230 e. The Hall–Kier alpha value is -1.24. The van der Waals surface area contributed by atoms with E-state index in [0.29, 0.717) is 30.3 Å². The van der Waals surface area contributed by atoms with E-state index in [4.69, 9.17) is 11.6 Å². The first kappa shape index (κ1) is 22.0. The van der Waals surface area contributed by atoms with Gasteiger partial charge in [-0.15, -0.1) is 0 Å². The molecule has 4 rings (SSSR count). The van der Waals surface area contributed by atoms with Crippen LogP contribution in [0.25, 0.3) is 0 Å². The van der Waals surface area contributed by atoms with Gasteiger partial charge in [0.2, 0.25) is 5.91 Å². The SMILES string of the molecule is CC[C@]1(CC=O)CC[C@@H](c2ccc(Cl)cc2)N(C(CNS(=O)C2CC2)C2CC2)C1=O. The van der Waals surface area contributed by atoms with Crippen molar-refractivity contribution in [2.24, 2.45) is 11.3 Å². The molecule has 1 N–H and O–H groups in total. The maximum atomic E-state index is 13.9. The van der Waals surface area contributed by atoms with Crippen molar-refractivity contribution in [1.29, 1.82) is 0 Å². The van der Waals surface area contributed by atoms with Crippen LogP contribution in [0.3, 0.4) is 0 Å². The number of benzene rings is 1. The fourth-order valence-electron chi connectivity index (χ4n) is 4.83. The molecule has 2 unspecified atom stereocenters. The number of piperidine rings is 1. The van der Waals surface area contributed by atoms with E-state index >= 15 is 0 Å². The van der Waals surface area contributed by atoms with Gasteiger partial charge in [-0.1, -0.05) is 30.7 Å². The molecule has 0 spiro atoms. The van der Waals surface area contributed by atoms with Crippen molar-refractivity contribution in [3.05, 3.63) is 34.9 Å². The molecule has 3 fully saturated rings. The van der Waals surface area contributed by atoms with Crippen molar-refractivity contribution >= 4 is 34.8 Å². The van der Waals surface area contributed by atoms with E-state index in [1.54, 1.807) is 0 Å². The number of halogens is 1. The summed E-state index contributed by atoms with van der Waals surface area (Å²) in [5.74, 6) is 0.510. The van der Waals surface area contributed by atoms with E-state index in [1.165, 1.54) is 0 Å². The van der Waals surface area contributed by atoms with Gasteiger partial charge in [0.15, 0.2) is 0 Å². The summed E-state index contributed by atoms with van der Waals surface area (Å²) in [4.78, 5) is 27.4. The van der Waals surface area contributed by atoms with Crippen LogP contribution < -0.4 is 4.72 Å². The predicted molar refractivity (Wildman–Crippen MR) is 119 cm³/mol. The highest BCUT2D eigenvalue weighted by Gasteiger charge is 2.51. The standard InChI is InChI=1S/C23H31ClN2O3S/c1-2-23(13-14-27)12-11-20(16-5-7-18(24)8-6-16)26(22(23)28)21(17-3-4-17)15-25-30(29)19-9-10-19/h5-8,14,17,19-21,25H,2-4,9-13,15H2,1H3/t20-,21?,23+,30?/m0/s1. The van der Waals surface area contributed by atoms with Crippen LogP contribution in [0, 0.1) is 11.3 Å². The second kappa shape index (κ2) is 9.09. The van der Waals surface area contributed by atoms with Crippen molar-refractivity contribution in [2.45, 2.75) is 75.6 Å². The maximum absolute atomic E-state index is 13.9. The molecule has 5 nitrogen and oxygen atoms in total. The number of nitrogens with one attached hydrogen (secondary N) is 1. The van der Waals surface area contributed by atoms with Crippen LogP contribution in [0.1, 0.15) is 69.9 Å². The number of likely N-dealkylation sites (tertiary alicyclic amines) is 1. The molecule has 1 aromatic rings. The minimum atomic E-state index is -1.03. The van der Waals surface area contributed by atoms with Gasteiger partial charge in [0.25, 0.3) is 0 Å². The molecule has 4 atom stereocenters. The Morgan fingerprint density at radius 3 is 2.50 bits per heavy atom. The van der Waals surface area contributed by atoms with E-state index in [9.17, 15) is 13.8 Å². The van der Waals surface area contributed by atoms with Crippen molar-refractivity contribution < 1.29 is 13.8 Å². The van der Waals surface area contributed by atoms with Crippen molar-refractivity contribution in [2.75, 3.05) is 6.54 Å². The van der Waals surface area contributed by atoms with Gasteiger partial charge in [0, 0.05) is 29.3 Å². The monoisotopic (exact) mass is 450 g/mol. The molecule has 0 radical (unpaired) electrons. The van der Waals surface area contributed by atoms with E-state index in [1.807, 2.05) is 31.2 Å². The van der Waals surface area contributed by atoms with Gasteiger partial charge >= 0.3 is 0 Å². The first-order valence-corrected chi connectivity index (χ1v) is 12.7. The molecule has 0 aromatic heterocycles. The van der Waals surface area contributed by atoms with Crippen LogP contribution in [0.15, 0.2) is 24.3 Å². The lowest BCUT2D eigenvalue weighted by molar-refractivity contribution is -0.156. The summed E-state index contributed by atoms with van der Waals surface area (Å²) < 4.78 is 15.7. The van der Waals surface area contributed by atoms with Crippen LogP contribution in [0.2, 0.25) is 5.02 Å². The Morgan fingerprint density at radius 2 is 1.93 bits per heavy atom. The minimum Gasteiger partial charge on any atom is -0.331 e. The zero-order valence-electron chi connectivity index (χ0n) is 17.5. The molecule has 164 valence electrons. The number of nitrogens with zero attached hydrogens (tertiary/aromatic N) is 1. The minimum absolute atomic E-state index is 0.00115. The lowest BCUT2D eigenvalue weighted by atomic mass is 9.71. The predicted octanol–water partition coefficient (Wildman–Crippen LogP) is 4.18. The van der Waals surface area contributed by atoms with Gasteiger partial charge in [0.05, 0.1) is 22.4 Å². The van der Waals surface area contributed by atoms with Crippen LogP contribution in [-0.2, 0) is 20.6 Å². The fraction of sp³-hybridized carbons (Fsp3) is 0.652. The van der Waals surface area contributed by atoms with Crippen LogP contribution in [0.4, 0.5) is 0 Å². The number of carbonyl (C=O) groups is 2. The Morgan fingerprint density at radius 1 is 1.23 bits per heavy atom. The summed E-state index contributed by atoms with van der Waals surface area (Å²) in [5.41, 5.74) is 0.463. The molecule has 7 heteroatoms. The highest BCUT2D eigenvalue weighted by atomic mass is 35.5. The topological polar surface area (TPSA) is 66.5 Å². The first-order chi connectivity index (χ1) is 14.5. The molecule has 1 aliphatic heterocycles. The third-order valence-electron chi connectivity index (χ3n) is 7.11. The third kappa shape index (κ3) is 4.51. The maximum Gasteiger partial charge on any atom is 0.230 e. The van der Waals surface area contributed by atoms with Crippen LogP contribution in [0.5, 0.6) is 0 Å². The number of aldehydes is 1. The van der Waals surface area contributed by atoms with Crippen molar-refractivity contribution in [1.82, 2.24) is 9.62 Å². The fourth-order valence-corrected chi connectivity index (χ4v) is 6.09. The van der Waals surface area contributed by atoms with Crippen LogP contribution in [-0.4, -0.2) is 39.1 Å². The van der Waals surface area contributed by atoms with Gasteiger partial charge in [-0.3, -0.25) is 4.79 Å². The lowest BCUT2D eigenvalue weighted by Gasteiger charge is -2.49. The second-order valence-corrected chi connectivity index (χ2v) is 11.1. The normalized spacial score (nSPS) is 28.9. The van der Waals surface area contributed by atoms with Gasteiger partial charge in [0.1, 0.15) is 6.29 Å². The average molecular weight is 451 g/mol. The van der Waals surface area contributed by atoms with Gasteiger partial charge < -0.3 is 9.69 Å². The zero-order chi connectivity index (χ0) is 21.3. The van der Waals surface area contributed by atoms with E-state index in [0.717, 1.165) is 44.0 Å². The molecular formula is C23H31ClN2O3S. The van der Waals surface area contributed by atoms with Crippen molar-refractivity contribution in [3.63, 3.8) is 0 Å². The molecule has 2 saturated carbocycles. The molecule has 2 aliphatic carbocycles. The van der Waals surface area contributed by atoms with E-state index in [2.05, 4.69) is 9.62 Å². The molecule has 1 amide bonds. The molecule has 3 aliphatic rings. The van der Waals surface area contributed by atoms with Gasteiger partial charge in [-0.25, -0.2) is 8.93 Å². The molecule has 1 heterocycles. The third-order valence-corrected chi connectivity index (χ3v) is 8.89. The van der Waals surface area contributed by atoms with Crippen molar-refractivity contribution in [3.8, 4) is 0 Å². The first-order valence-electron chi connectivity index (χ1n) is 11.1. The highest BCUT2D eigenvalue weighted by molar-refractivity contribution is 7.84. The Kier molecular flexibility index (Phi) is 6.66. The molecule has 30 heavy (non-hydrogen) atoms. The summed E-state index contributed by atoms with van der Waals surface area (Å²) in [5, 5.41) is 0.940. The largest absolute Gasteiger partial charge is 0.331 e. The van der Waals surface area contributed by atoms with E-state index in [-0.39, 0.29) is 29.7 Å². The molecule has 0 bridgehead atoms. The average Bonchev–Trinajstić information content (AvgIpc) is 3.64. The Labute approximate surface area is 186 Å². The summed E-state index contributed by atoms with van der Waals surface area (Å²) in [6.07, 6.45) is 7.57. The summed E-state index contributed by atoms with van der Waals surface area (Å²) in [7, 11) is -1.03. The van der Waals surface area contributed by atoms with E-state index < -0.39 is 16.4 Å². The number of rotatable bonds is 10. The van der Waals surface area contributed by atoms with Gasteiger partial charge in [-0.05, 0) is 68.6 Å². The Balaban J connectivity index is 1.65. The number of carbonyl (C=O) groups excluding carboxylic acids is 2.